The molecule has 0 fully saturated rings. The van der Waals surface area contributed by atoms with Crippen LogP contribution >= 0.6 is 0 Å². The Morgan fingerprint density at radius 3 is 2.34 bits per heavy atom. The smallest absolute Gasteiger partial charge is 0.164 e. The Balaban J connectivity index is 1.86. The maximum absolute atomic E-state index is 4.93. The number of nitrogens with zero attached hydrogens (tertiary/aromatic N) is 4. The van der Waals surface area contributed by atoms with Gasteiger partial charge in [-0.05, 0) is 43.5 Å². The summed E-state index contributed by atoms with van der Waals surface area (Å²) in [6, 6.07) is 16.8. The van der Waals surface area contributed by atoms with Crippen LogP contribution in [0.5, 0.6) is 0 Å². The standard InChI is InChI=1S/C37H40N4/c1-7-10-13-19-29(6)35-38-36(30-20-14-12-15-21-30)40-37(39-35)31-23-24-34(32(26-31)27(4)9-3)41(25-11-8-2)33-22-17-16-18-28(33)5/h7-24,26-28,33H,3,6,25H2,1-2,4-5H3/b10-7-,11-8-,19-13-/t27?,28?,33-/m0/s1. The Kier molecular flexibility index (Phi) is 10.2. The summed E-state index contributed by atoms with van der Waals surface area (Å²) >= 11 is 0. The lowest BCUT2D eigenvalue weighted by Crippen LogP contribution is -2.39. The fourth-order valence-electron chi connectivity index (χ4n) is 4.86. The van der Waals surface area contributed by atoms with Gasteiger partial charge < -0.3 is 4.90 Å². The van der Waals surface area contributed by atoms with Crippen LogP contribution in [0, 0.1) is 5.92 Å². The van der Waals surface area contributed by atoms with Gasteiger partial charge in [-0.2, -0.15) is 0 Å². The van der Waals surface area contributed by atoms with Crippen LogP contribution in [0.4, 0.5) is 5.69 Å². The van der Waals surface area contributed by atoms with Crippen molar-refractivity contribution in [2.45, 2.75) is 39.7 Å². The lowest BCUT2D eigenvalue weighted by atomic mass is 9.91. The van der Waals surface area contributed by atoms with Gasteiger partial charge in [-0.3, -0.25) is 0 Å². The lowest BCUT2D eigenvalue weighted by Gasteiger charge is -2.37. The highest BCUT2D eigenvalue weighted by Gasteiger charge is 2.25. The Labute approximate surface area is 245 Å². The molecule has 0 radical (unpaired) electrons. The van der Waals surface area contributed by atoms with Crippen LogP contribution in [0.25, 0.3) is 28.3 Å². The van der Waals surface area contributed by atoms with Crippen LogP contribution in [-0.2, 0) is 0 Å². The number of anilines is 1. The molecule has 4 heteroatoms. The molecule has 0 saturated heterocycles. The lowest BCUT2D eigenvalue weighted by molar-refractivity contribution is 0.577. The van der Waals surface area contributed by atoms with Crippen molar-refractivity contribution in [2.75, 3.05) is 11.4 Å². The second-order valence-corrected chi connectivity index (χ2v) is 10.2. The number of benzene rings is 2. The van der Waals surface area contributed by atoms with E-state index in [0.717, 1.165) is 23.2 Å². The minimum Gasteiger partial charge on any atom is -0.361 e. The predicted octanol–water partition coefficient (Wildman–Crippen LogP) is 9.15. The summed E-state index contributed by atoms with van der Waals surface area (Å²) in [5.74, 6) is 2.31. The van der Waals surface area contributed by atoms with Gasteiger partial charge in [-0.15, -0.1) is 6.58 Å². The summed E-state index contributed by atoms with van der Waals surface area (Å²) in [5, 5.41) is 0. The molecule has 0 saturated carbocycles. The Bertz CT molecular complexity index is 1510. The van der Waals surface area contributed by atoms with Gasteiger partial charge >= 0.3 is 0 Å². The monoisotopic (exact) mass is 540 g/mol. The summed E-state index contributed by atoms with van der Waals surface area (Å²) in [6.45, 7) is 17.7. The van der Waals surface area contributed by atoms with E-state index >= 15 is 0 Å². The zero-order valence-electron chi connectivity index (χ0n) is 24.6. The molecular weight excluding hydrogens is 500 g/mol. The molecule has 208 valence electrons. The molecule has 1 aliphatic rings. The van der Waals surface area contributed by atoms with Gasteiger partial charge in [-0.25, -0.2) is 15.0 Å². The van der Waals surface area contributed by atoms with Gasteiger partial charge in [0, 0.05) is 34.9 Å². The SMILES string of the molecule is C=CC(C)c1cc(-c2nc(C(=C)/C=C\C=C/C)nc(-c3ccccc3)n2)ccc1N(C/C=C\C)[C@H]1C=CC=CC1C. The summed E-state index contributed by atoms with van der Waals surface area (Å²) in [5.41, 5.74) is 4.97. The van der Waals surface area contributed by atoms with Crippen LogP contribution in [0.2, 0.25) is 0 Å². The maximum Gasteiger partial charge on any atom is 0.164 e. The van der Waals surface area contributed by atoms with E-state index in [1.807, 2.05) is 67.6 Å². The van der Waals surface area contributed by atoms with Crippen LogP contribution in [0.1, 0.15) is 45.0 Å². The number of hydrogen-bond donors (Lipinski definition) is 0. The topological polar surface area (TPSA) is 41.9 Å². The first-order valence-electron chi connectivity index (χ1n) is 14.3. The molecule has 4 rings (SSSR count). The van der Waals surface area contributed by atoms with Gasteiger partial charge in [0.2, 0.25) is 0 Å². The molecule has 3 aromatic rings. The second-order valence-electron chi connectivity index (χ2n) is 10.2. The average Bonchev–Trinajstić information content (AvgIpc) is 3.02. The third-order valence-corrected chi connectivity index (χ3v) is 7.27. The Hall–Kier alpha value is -4.57. The molecule has 3 atom stereocenters. The highest BCUT2D eigenvalue weighted by molar-refractivity contribution is 5.73. The van der Waals surface area contributed by atoms with Crippen molar-refractivity contribution >= 4 is 11.3 Å². The van der Waals surface area contributed by atoms with E-state index in [9.17, 15) is 0 Å². The Morgan fingerprint density at radius 1 is 0.927 bits per heavy atom. The number of aromatic nitrogens is 3. The fraction of sp³-hybridized carbons (Fsp3) is 0.216. The van der Waals surface area contributed by atoms with Gasteiger partial charge in [0.15, 0.2) is 17.5 Å². The third kappa shape index (κ3) is 7.15. The van der Waals surface area contributed by atoms with Crippen molar-refractivity contribution in [3.63, 3.8) is 0 Å². The van der Waals surface area contributed by atoms with E-state index in [2.05, 4.69) is 93.5 Å². The van der Waals surface area contributed by atoms with Gasteiger partial charge in [0.1, 0.15) is 0 Å². The van der Waals surface area contributed by atoms with E-state index in [0.29, 0.717) is 23.4 Å². The van der Waals surface area contributed by atoms with Crippen LogP contribution in [0.15, 0.2) is 129 Å². The largest absolute Gasteiger partial charge is 0.361 e. The van der Waals surface area contributed by atoms with Crippen molar-refractivity contribution in [3.8, 4) is 22.8 Å². The first kappa shape index (κ1) is 29.4. The molecule has 0 N–H and O–H groups in total. The molecule has 41 heavy (non-hydrogen) atoms. The second kappa shape index (κ2) is 14.2. The van der Waals surface area contributed by atoms with Crippen molar-refractivity contribution in [2.24, 2.45) is 5.92 Å². The summed E-state index contributed by atoms with van der Waals surface area (Å²) in [7, 11) is 0. The first-order chi connectivity index (χ1) is 20.0. The van der Waals surface area contributed by atoms with Gasteiger partial charge in [-0.1, -0.05) is 118 Å². The molecule has 2 unspecified atom stereocenters. The van der Waals surface area contributed by atoms with E-state index in [4.69, 9.17) is 15.0 Å². The van der Waals surface area contributed by atoms with Crippen molar-refractivity contribution in [1.82, 2.24) is 15.0 Å². The zero-order chi connectivity index (χ0) is 29.2. The molecule has 0 bridgehead atoms. The van der Waals surface area contributed by atoms with Crippen molar-refractivity contribution < 1.29 is 0 Å². The number of rotatable bonds is 11. The highest BCUT2D eigenvalue weighted by atomic mass is 15.2. The molecule has 1 heterocycles. The zero-order valence-corrected chi connectivity index (χ0v) is 24.6. The molecule has 1 aliphatic carbocycles. The number of hydrogen-bond acceptors (Lipinski definition) is 4. The fourth-order valence-corrected chi connectivity index (χ4v) is 4.86. The summed E-state index contributed by atoms with van der Waals surface area (Å²) in [4.78, 5) is 17.1. The molecule has 0 aliphatic heterocycles. The molecule has 0 spiro atoms. The van der Waals surface area contributed by atoms with Crippen LogP contribution < -0.4 is 4.90 Å². The minimum absolute atomic E-state index is 0.130. The minimum atomic E-state index is 0.130. The Morgan fingerprint density at radius 2 is 1.66 bits per heavy atom. The highest BCUT2D eigenvalue weighted by Crippen LogP contribution is 2.36. The molecule has 1 aromatic heterocycles. The van der Waals surface area contributed by atoms with Gasteiger partial charge in [0.25, 0.3) is 0 Å². The quantitative estimate of drug-likeness (QED) is 0.180. The van der Waals surface area contributed by atoms with Crippen molar-refractivity contribution in [3.05, 3.63) is 140 Å². The van der Waals surface area contributed by atoms with E-state index in [-0.39, 0.29) is 12.0 Å². The predicted molar refractivity (Wildman–Crippen MR) is 176 cm³/mol. The average molecular weight is 541 g/mol. The van der Waals surface area contributed by atoms with Crippen molar-refractivity contribution in [1.29, 1.82) is 0 Å². The normalized spacial score (nSPS) is 17.5. The molecule has 0 amide bonds. The summed E-state index contributed by atoms with van der Waals surface area (Å²) < 4.78 is 0. The van der Waals surface area contributed by atoms with E-state index in [1.54, 1.807) is 0 Å². The summed E-state index contributed by atoms with van der Waals surface area (Å²) in [6.07, 6.45) is 23.0. The first-order valence-corrected chi connectivity index (χ1v) is 14.3. The van der Waals surface area contributed by atoms with Crippen LogP contribution in [0.3, 0.4) is 0 Å². The van der Waals surface area contributed by atoms with E-state index < -0.39 is 0 Å². The molecule has 4 nitrogen and oxygen atoms in total. The van der Waals surface area contributed by atoms with Crippen LogP contribution in [-0.4, -0.2) is 27.5 Å². The molecule has 2 aromatic carbocycles. The van der Waals surface area contributed by atoms with Gasteiger partial charge in [0.05, 0.1) is 6.04 Å². The van der Waals surface area contributed by atoms with E-state index in [1.165, 1.54) is 11.3 Å². The molecular formula is C37H40N4. The number of allylic oxidation sites excluding steroid dienone is 9. The third-order valence-electron chi connectivity index (χ3n) is 7.27. The maximum atomic E-state index is 4.93.